The van der Waals surface area contributed by atoms with Crippen LogP contribution in [-0.4, -0.2) is 33.1 Å². The number of carboxylic acids is 1. The summed E-state index contributed by atoms with van der Waals surface area (Å²) in [5.74, 6) is -0.991. The minimum atomic E-state index is -0.991. The van der Waals surface area contributed by atoms with Gasteiger partial charge in [0.1, 0.15) is 0 Å². The quantitative estimate of drug-likeness (QED) is 0.812. The van der Waals surface area contributed by atoms with Gasteiger partial charge in [0.25, 0.3) is 0 Å². The van der Waals surface area contributed by atoms with Crippen molar-refractivity contribution >= 4 is 5.97 Å². The van der Waals surface area contributed by atoms with Gasteiger partial charge in [0.15, 0.2) is 5.69 Å². The van der Waals surface area contributed by atoms with E-state index in [0.29, 0.717) is 12.6 Å². The summed E-state index contributed by atoms with van der Waals surface area (Å²) in [7, 11) is 0. The zero-order valence-electron chi connectivity index (χ0n) is 8.59. The largest absolute Gasteiger partial charge is 0.476 e. The third-order valence-electron chi connectivity index (χ3n) is 2.57. The van der Waals surface area contributed by atoms with Crippen molar-refractivity contribution in [1.82, 2.24) is 9.78 Å². The predicted molar refractivity (Wildman–Crippen MR) is 52.8 cm³/mol. The van der Waals surface area contributed by atoms with Crippen molar-refractivity contribution in [3.05, 3.63) is 18.0 Å². The average molecular weight is 210 g/mol. The fourth-order valence-corrected chi connectivity index (χ4v) is 1.81. The van der Waals surface area contributed by atoms with E-state index in [4.69, 9.17) is 9.84 Å². The topological polar surface area (TPSA) is 64.4 Å². The molecule has 2 rings (SSSR count). The number of carbonyl (C=O) groups is 1. The minimum Gasteiger partial charge on any atom is -0.476 e. The number of rotatable bonds is 3. The molecule has 0 amide bonds. The lowest BCUT2D eigenvalue weighted by atomic mass is 10.2. The summed E-state index contributed by atoms with van der Waals surface area (Å²) in [5.41, 5.74) is 0.0843. The fourth-order valence-electron chi connectivity index (χ4n) is 1.81. The second-order valence-electron chi connectivity index (χ2n) is 3.87. The second-order valence-corrected chi connectivity index (χ2v) is 3.87. The Labute approximate surface area is 87.7 Å². The molecule has 2 unspecified atom stereocenters. The van der Waals surface area contributed by atoms with Gasteiger partial charge in [-0.2, -0.15) is 5.10 Å². The zero-order chi connectivity index (χ0) is 10.8. The van der Waals surface area contributed by atoms with E-state index in [0.717, 1.165) is 12.8 Å². The van der Waals surface area contributed by atoms with Crippen LogP contribution in [0.3, 0.4) is 0 Å². The lowest BCUT2D eigenvalue weighted by Crippen LogP contribution is -2.17. The highest BCUT2D eigenvalue weighted by Gasteiger charge is 2.22. The Balaban J connectivity index is 1.96. The Kier molecular flexibility index (Phi) is 2.73. The summed E-state index contributed by atoms with van der Waals surface area (Å²) < 4.78 is 7.26. The van der Waals surface area contributed by atoms with Crippen molar-refractivity contribution in [2.75, 3.05) is 0 Å². The van der Waals surface area contributed by atoms with E-state index >= 15 is 0 Å². The van der Waals surface area contributed by atoms with Crippen LogP contribution < -0.4 is 0 Å². The monoisotopic (exact) mass is 210 g/mol. The summed E-state index contributed by atoms with van der Waals surface area (Å²) in [5, 5.41) is 12.6. The van der Waals surface area contributed by atoms with Gasteiger partial charge in [-0.1, -0.05) is 0 Å². The first-order valence-corrected chi connectivity index (χ1v) is 5.07. The molecule has 1 aliphatic heterocycles. The number of carboxylic acid groups (broad SMARTS) is 1. The first kappa shape index (κ1) is 10.2. The second kappa shape index (κ2) is 4.02. The number of aromatic carboxylic acids is 1. The summed E-state index contributed by atoms with van der Waals surface area (Å²) in [6.07, 6.45) is 4.24. The third kappa shape index (κ3) is 2.36. The maximum atomic E-state index is 10.6. The first-order chi connectivity index (χ1) is 7.15. The number of hydrogen-bond acceptors (Lipinski definition) is 3. The predicted octanol–water partition coefficient (Wildman–Crippen LogP) is 1.15. The van der Waals surface area contributed by atoms with E-state index in [2.05, 4.69) is 5.10 Å². The van der Waals surface area contributed by atoms with E-state index in [1.165, 1.54) is 6.07 Å². The molecule has 0 saturated carbocycles. The molecule has 82 valence electrons. The van der Waals surface area contributed by atoms with Crippen molar-refractivity contribution in [2.24, 2.45) is 0 Å². The molecule has 0 bridgehead atoms. The van der Waals surface area contributed by atoms with Crippen molar-refractivity contribution in [1.29, 1.82) is 0 Å². The molecular weight excluding hydrogens is 196 g/mol. The van der Waals surface area contributed by atoms with Gasteiger partial charge in [0.05, 0.1) is 18.8 Å². The molecule has 5 heteroatoms. The summed E-state index contributed by atoms with van der Waals surface area (Å²) >= 11 is 0. The Morgan fingerprint density at radius 2 is 2.53 bits per heavy atom. The van der Waals surface area contributed by atoms with E-state index < -0.39 is 5.97 Å². The van der Waals surface area contributed by atoms with Crippen LogP contribution in [0.15, 0.2) is 12.3 Å². The van der Waals surface area contributed by atoms with Gasteiger partial charge in [-0.05, 0) is 25.8 Å². The molecule has 2 heterocycles. The van der Waals surface area contributed by atoms with Crippen LogP contribution in [0.1, 0.15) is 30.3 Å². The number of ether oxygens (including phenoxy) is 1. The molecule has 1 fully saturated rings. The number of aromatic nitrogens is 2. The highest BCUT2D eigenvalue weighted by molar-refractivity contribution is 5.84. The van der Waals surface area contributed by atoms with E-state index in [-0.39, 0.29) is 11.8 Å². The lowest BCUT2D eigenvalue weighted by Gasteiger charge is -2.10. The van der Waals surface area contributed by atoms with Crippen LogP contribution in [0.4, 0.5) is 0 Å². The Bertz CT molecular complexity index is 361. The molecule has 0 aromatic carbocycles. The molecule has 1 saturated heterocycles. The van der Waals surface area contributed by atoms with Crippen molar-refractivity contribution in [3.8, 4) is 0 Å². The van der Waals surface area contributed by atoms with Crippen LogP contribution >= 0.6 is 0 Å². The van der Waals surface area contributed by atoms with Gasteiger partial charge in [-0.25, -0.2) is 4.79 Å². The van der Waals surface area contributed by atoms with Crippen molar-refractivity contribution < 1.29 is 14.6 Å². The van der Waals surface area contributed by atoms with Gasteiger partial charge < -0.3 is 9.84 Å². The van der Waals surface area contributed by atoms with Crippen LogP contribution in [0, 0.1) is 0 Å². The molecule has 0 spiro atoms. The van der Waals surface area contributed by atoms with E-state index in [9.17, 15) is 4.79 Å². The summed E-state index contributed by atoms with van der Waals surface area (Å²) in [6.45, 7) is 2.68. The van der Waals surface area contributed by atoms with Crippen LogP contribution in [0.2, 0.25) is 0 Å². The maximum absolute atomic E-state index is 10.6. The lowest BCUT2D eigenvalue weighted by molar-refractivity contribution is 0.0433. The first-order valence-electron chi connectivity index (χ1n) is 5.07. The molecule has 5 nitrogen and oxygen atoms in total. The van der Waals surface area contributed by atoms with Crippen LogP contribution in [0.25, 0.3) is 0 Å². The molecule has 1 aromatic heterocycles. The summed E-state index contributed by atoms with van der Waals surface area (Å²) in [6, 6.07) is 1.50. The number of nitrogens with zero attached hydrogens (tertiary/aromatic N) is 2. The molecule has 1 N–H and O–H groups in total. The van der Waals surface area contributed by atoms with Gasteiger partial charge in [0, 0.05) is 6.20 Å². The van der Waals surface area contributed by atoms with Gasteiger partial charge in [0.2, 0.25) is 0 Å². The minimum absolute atomic E-state index is 0.0843. The Morgan fingerprint density at radius 3 is 3.07 bits per heavy atom. The van der Waals surface area contributed by atoms with Crippen molar-refractivity contribution in [2.45, 2.75) is 38.5 Å². The Morgan fingerprint density at radius 1 is 1.73 bits per heavy atom. The van der Waals surface area contributed by atoms with Crippen LogP contribution in [0.5, 0.6) is 0 Å². The highest BCUT2D eigenvalue weighted by Crippen LogP contribution is 2.20. The standard InChI is InChI=1S/C10H14N2O3/c1-7-2-3-8(15-7)6-12-5-4-9(11-12)10(13)14/h4-5,7-8H,2-3,6H2,1H3,(H,13,14). The molecule has 0 aliphatic carbocycles. The van der Waals surface area contributed by atoms with E-state index in [1.807, 2.05) is 6.92 Å². The Hall–Kier alpha value is -1.36. The summed E-state index contributed by atoms with van der Waals surface area (Å²) in [4.78, 5) is 10.6. The molecule has 1 aliphatic rings. The van der Waals surface area contributed by atoms with Crippen LogP contribution in [-0.2, 0) is 11.3 Å². The maximum Gasteiger partial charge on any atom is 0.356 e. The van der Waals surface area contributed by atoms with Gasteiger partial charge in [-0.15, -0.1) is 0 Å². The number of hydrogen-bond donors (Lipinski definition) is 1. The van der Waals surface area contributed by atoms with Gasteiger partial charge >= 0.3 is 5.97 Å². The SMILES string of the molecule is CC1CCC(Cn2ccc(C(=O)O)n2)O1. The van der Waals surface area contributed by atoms with E-state index in [1.54, 1.807) is 10.9 Å². The average Bonchev–Trinajstić information content (AvgIpc) is 2.76. The molecule has 2 atom stereocenters. The van der Waals surface area contributed by atoms with Gasteiger partial charge in [-0.3, -0.25) is 4.68 Å². The van der Waals surface area contributed by atoms with Crippen molar-refractivity contribution in [3.63, 3.8) is 0 Å². The molecule has 15 heavy (non-hydrogen) atoms. The smallest absolute Gasteiger partial charge is 0.356 e. The molecule has 1 aromatic rings. The fraction of sp³-hybridized carbons (Fsp3) is 0.600. The highest BCUT2D eigenvalue weighted by atomic mass is 16.5. The third-order valence-corrected chi connectivity index (χ3v) is 2.57. The molecular formula is C10H14N2O3. The normalized spacial score (nSPS) is 25.7. The molecule has 0 radical (unpaired) electrons. The zero-order valence-corrected chi connectivity index (χ0v) is 8.59.